The van der Waals surface area contributed by atoms with E-state index in [9.17, 15) is 4.79 Å². The van der Waals surface area contributed by atoms with Gasteiger partial charge in [-0.05, 0) is 45.6 Å². The second-order valence-electron chi connectivity index (χ2n) is 10.1. The number of carbonyl (C=O) groups excluding carboxylic acids is 1. The summed E-state index contributed by atoms with van der Waals surface area (Å²) in [6, 6.07) is 11.3. The summed E-state index contributed by atoms with van der Waals surface area (Å²) >= 11 is 0. The molecule has 0 saturated carbocycles. The highest BCUT2D eigenvalue weighted by Crippen LogP contribution is 2.38. The van der Waals surface area contributed by atoms with Crippen LogP contribution in [0.1, 0.15) is 45.6 Å². The summed E-state index contributed by atoms with van der Waals surface area (Å²) in [7, 11) is 0. The maximum atomic E-state index is 12.3. The van der Waals surface area contributed by atoms with Crippen molar-refractivity contribution in [2.45, 2.75) is 63.8 Å². The maximum Gasteiger partial charge on any atom is 0.410 e. The van der Waals surface area contributed by atoms with Crippen molar-refractivity contribution in [1.29, 1.82) is 0 Å². The van der Waals surface area contributed by atoms with Crippen molar-refractivity contribution in [3.63, 3.8) is 0 Å². The molecule has 6 heteroatoms. The predicted octanol–water partition coefficient (Wildman–Crippen LogP) is 3.36. The lowest BCUT2D eigenvalue weighted by Crippen LogP contribution is -2.51. The van der Waals surface area contributed by atoms with Crippen LogP contribution < -0.4 is 0 Å². The molecule has 0 radical (unpaired) electrons. The van der Waals surface area contributed by atoms with E-state index in [-0.39, 0.29) is 11.7 Å². The molecule has 166 valence electrons. The van der Waals surface area contributed by atoms with Gasteiger partial charge in [-0.1, -0.05) is 30.3 Å². The molecule has 0 unspecified atom stereocenters. The van der Waals surface area contributed by atoms with Crippen LogP contribution in [0.4, 0.5) is 4.79 Å². The first kappa shape index (κ1) is 21.6. The molecule has 1 spiro atoms. The molecule has 3 aliphatic rings. The molecule has 1 aromatic carbocycles. The van der Waals surface area contributed by atoms with Crippen LogP contribution in [-0.2, 0) is 16.0 Å². The van der Waals surface area contributed by atoms with Gasteiger partial charge in [0.1, 0.15) is 5.60 Å². The first-order valence-electron chi connectivity index (χ1n) is 11.4. The minimum Gasteiger partial charge on any atom is -0.444 e. The van der Waals surface area contributed by atoms with Crippen molar-refractivity contribution >= 4 is 6.09 Å². The standard InChI is InChI=1S/C24H37N3O3/c1-23(2,3)30-22(28)27-11-9-24(10-12-27)17-21(19-29-24)26-15-13-25(14-16-26)18-20-7-5-4-6-8-20/h4-8,21H,9-19H2,1-3H3/t21-/m1/s1. The molecule has 0 N–H and O–H groups in total. The third-order valence-electron chi connectivity index (χ3n) is 6.69. The van der Waals surface area contributed by atoms with E-state index >= 15 is 0 Å². The summed E-state index contributed by atoms with van der Waals surface area (Å²) in [5.74, 6) is 0. The summed E-state index contributed by atoms with van der Waals surface area (Å²) in [5, 5.41) is 0. The first-order valence-corrected chi connectivity index (χ1v) is 11.4. The molecule has 3 saturated heterocycles. The second kappa shape index (κ2) is 8.85. The Bertz CT molecular complexity index is 702. The summed E-state index contributed by atoms with van der Waals surface area (Å²) in [6.07, 6.45) is 2.72. The number of benzene rings is 1. The number of amides is 1. The molecule has 0 bridgehead atoms. The van der Waals surface area contributed by atoms with Crippen LogP contribution in [0.3, 0.4) is 0 Å². The van der Waals surface area contributed by atoms with Crippen LogP contribution in [0.2, 0.25) is 0 Å². The minimum atomic E-state index is -0.441. The minimum absolute atomic E-state index is 0.0512. The van der Waals surface area contributed by atoms with Gasteiger partial charge >= 0.3 is 6.09 Å². The molecule has 1 amide bonds. The first-order chi connectivity index (χ1) is 14.3. The largest absolute Gasteiger partial charge is 0.444 e. The highest BCUT2D eigenvalue weighted by Gasteiger charge is 2.45. The van der Waals surface area contributed by atoms with Crippen LogP contribution in [0, 0.1) is 0 Å². The Morgan fingerprint density at radius 2 is 1.73 bits per heavy atom. The smallest absolute Gasteiger partial charge is 0.410 e. The van der Waals surface area contributed by atoms with E-state index in [1.807, 2.05) is 25.7 Å². The molecule has 1 aromatic rings. The van der Waals surface area contributed by atoms with E-state index in [2.05, 4.69) is 40.1 Å². The van der Waals surface area contributed by atoms with Crippen molar-refractivity contribution in [3.05, 3.63) is 35.9 Å². The van der Waals surface area contributed by atoms with Gasteiger partial charge in [0.2, 0.25) is 0 Å². The highest BCUT2D eigenvalue weighted by atomic mass is 16.6. The molecular weight excluding hydrogens is 378 g/mol. The molecule has 3 fully saturated rings. The zero-order chi connectivity index (χ0) is 21.2. The fourth-order valence-electron chi connectivity index (χ4n) is 4.95. The Balaban J connectivity index is 1.22. The summed E-state index contributed by atoms with van der Waals surface area (Å²) in [6.45, 7) is 13.5. The van der Waals surface area contributed by atoms with E-state index in [4.69, 9.17) is 9.47 Å². The molecule has 30 heavy (non-hydrogen) atoms. The molecule has 3 heterocycles. The summed E-state index contributed by atoms with van der Waals surface area (Å²) in [5.41, 5.74) is 0.902. The fourth-order valence-corrected chi connectivity index (χ4v) is 4.95. The lowest BCUT2D eigenvalue weighted by atomic mass is 9.87. The van der Waals surface area contributed by atoms with Gasteiger partial charge in [0.15, 0.2) is 0 Å². The van der Waals surface area contributed by atoms with Crippen molar-refractivity contribution < 1.29 is 14.3 Å². The van der Waals surface area contributed by atoms with Crippen molar-refractivity contribution in [3.8, 4) is 0 Å². The number of rotatable bonds is 3. The van der Waals surface area contributed by atoms with Gasteiger partial charge in [0.05, 0.1) is 12.2 Å². The van der Waals surface area contributed by atoms with Gasteiger partial charge in [0, 0.05) is 51.9 Å². The van der Waals surface area contributed by atoms with Gasteiger partial charge < -0.3 is 14.4 Å². The second-order valence-corrected chi connectivity index (χ2v) is 10.1. The molecule has 6 nitrogen and oxygen atoms in total. The van der Waals surface area contributed by atoms with Crippen LogP contribution in [-0.4, -0.2) is 83.9 Å². The van der Waals surface area contributed by atoms with Gasteiger partial charge in [-0.25, -0.2) is 4.79 Å². The van der Waals surface area contributed by atoms with Crippen LogP contribution >= 0.6 is 0 Å². The molecule has 4 rings (SSSR count). The van der Waals surface area contributed by atoms with E-state index in [0.29, 0.717) is 6.04 Å². The Morgan fingerprint density at radius 1 is 1.07 bits per heavy atom. The maximum absolute atomic E-state index is 12.3. The van der Waals surface area contributed by atoms with Crippen LogP contribution in [0.5, 0.6) is 0 Å². The molecular formula is C24H37N3O3. The summed E-state index contributed by atoms with van der Waals surface area (Å²) < 4.78 is 11.9. The number of piperazine rings is 1. The third-order valence-corrected chi connectivity index (χ3v) is 6.69. The number of carbonyl (C=O) groups is 1. The number of likely N-dealkylation sites (tertiary alicyclic amines) is 1. The molecule has 3 aliphatic heterocycles. The monoisotopic (exact) mass is 415 g/mol. The quantitative estimate of drug-likeness (QED) is 0.758. The normalized spacial score (nSPS) is 25.6. The lowest BCUT2D eigenvalue weighted by molar-refractivity contribution is -0.0490. The SMILES string of the molecule is CC(C)(C)OC(=O)N1CCC2(CC1)C[C@@H](N1CCN(Cc3ccccc3)CC1)CO2. The topological polar surface area (TPSA) is 45.2 Å². The Morgan fingerprint density at radius 3 is 2.37 bits per heavy atom. The van der Waals surface area contributed by atoms with E-state index in [1.165, 1.54) is 5.56 Å². The van der Waals surface area contributed by atoms with Crippen molar-refractivity contribution in [1.82, 2.24) is 14.7 Å². The van der Waals surface area contributed by atoms with E-state index in [1.54, 1.807) is 0 Å². The molecule has 1 atom stereocenters. The number of piperidine rings is 1. The van der Waals surface area contributed by atoms with Crippen LogP contribution in [0.25, 0.3) is 0 Å². The van der Waals surface area contributed by atoms with Gasteiger partial charge in [-0.15, -0.1) is 0 Å². The molecule has 0 aliphatic carbocycles. The van der Waals surface area contributed by atoms with Gasteiger partial charge in [0.25, 0.3) is 0 Å². The van der Waals surface area contributed by atoms with E-state index < -0.39 is 5.60 Å². The average Bonchev–Trinajstić information content (AvgIpc) is 3.12. The Labute approximate surface area is 181 Å². The highest BCUT2D eigenvalue weighted by molar-refractivity contribution is 5.68. The Hall–Kier alpha value is -1.63. The van der Waals surface area contributed by atoms with E-state index in [0.717, 1.165) is 71.7 Å². The Kier molecular flexibility index (Phi) is 6.37. The lowest BCUT2D eigenvalue weighted by Gasteiger charge is -2.40. The zero-order valence-electron chi connectivity index (χ0n) is 18.8. The number of hydrogen-bond donors (Lipinski definition) is 0. The predicted molar refractivity (Wildman–Crippen MR) is 117 cm³/mol. The number of ether oxygens (including phenoxy) is 2. The number of hydrogen-bond acceptors (Lipinski definition) is 5. The number of nitrogens with zero attached hydrogens (tertiary/aromatic N) is 3. The molecule has 0 aromatic heterocycles. The van der Waals surface area contributed by atoms with Gasteiger partial charge in [-0.2, -0.15) is 0 Å². The van der Waals surface area contributed by atoms with Crippen LogP contribution in [0.15, 0.2) is 30.3 Å². The summed E-state index contributed by atoms with van der Waals surface area (Å²) in [4.78, 5) is 19.4. The third kappa shape index (κ3) is 5.34. The zero-order valence-corrected chi connectivity index (χ0v) is 18.8. The van der Waals surface area contributed by atoms with Gasteiger partial charge in [-0.3, -0.25) is 9.80 Å². The van der Waals surface area contributed by atoms with Crippen molar-refractivity contribution in [2.24, 2.45) is 0 Å². The fraction of sp³-hybridized carbons (Fsp3) is 0.708. The average molecular weight is 416 g/mol. The van der Waals surface area contributed by atoms with Crippen molar-refractivity contribution in [2.75, 3.05) is 45.9 Å².